The molecular formula is C15H24ClN3O. The predicted octanol–water partition coefficient (Wildman–Crippen LogP) is 3.72. The van der Waals surface area contributed by atoms with Gasteiger partial charge in [-0.1, -0.05) is 39.3 Å². The minimum Gasteiger partial charge on any atom is -0.369 e. The average molecular weight is 298 g/mol. The van der Waals surface area contributed by atoms with E-state index < -0.39 is 0 Å². The number of pyridine rings is 1. The van der Waals surface area contributed by atoms with Gasteiger partial charge in [0.1, 0.15) is 5.82 Å². The van der Waals surface area contributed by atoms with Crippen molar-refractivity contribution < 1.29 is 4.79 Å². The number of aromatic nitrogens is 1. The SMILES string of the molecule is CCCNc1ncc(C(=O)NCC(C)(C)CC)cc1Cl. The molecule has 0 aromatic carbocycles. The van der Waals surface area contributed by atoms with Crippen LogP contribution in [0.4, 0.5) is 5.82 Å². The lowest BCUT2D eigenvalue weighted by Crippen LogP contribution is -2.33. The first kappa shape index (κ1) is 16.8. The highest BCUT2D eigenvalue weighted by molar-refractivity contribution is 6.33. The van der Waals surface area contributed by atoms with Crippen LogP contribution < -0.4 is 10.6 Å². The predicted molar refractivity (Wildman–Crippen MR) is 84.4 cm³/mol. The number of anilines is 1. The van der Waals surface area contributed by atoms with Gasteiger partial charge >= 0.3 is 0 Å². The summed E-state index contributed by atoms with van der Waals surface area (Å²) in [6.07, 6.45) is 3.55. The fourth-order valence-electron chi connectivity index (χ4n) is 1.48. The maximum Gasteiger partial charge on any atom is 0.252 e. The van der Waals surface area contributed by atoms with E-state index in [1.807, 2.05) is 0 Å². The first-order valence-corrected chi connectivity index (χ1v) is 7.45. The second-order valence-electron chi connectivity index (χ2n) is 5.68. The molecule has 112 valence electrons. The maximum absolute atomic E-state index is 12.1. The fourth-order valence-corrected chi connectivity index (χ4v) is 1.72. The van der Waals surface area contributed by atoms with Crippen LogP contribution in [0.3, 0.4) is 0 Å². The zero-order valence-electron chi connectivity index (χ0n) is 12.7. The number of rotatable bonds is 7. The molecule has 0 aliphatic carbocycles. The van der Waals surface area contributed by atoms with E-state index in [2.05, 4.69) is 43.3 Å². The normalized spacial score (nSPS) is 11.2. The van der Waals surface area contributed by atoms with Gasteiger partial charge in [-0.2, -0.15) is 0 Å². The van der Waals surface area contributed by atoms with Crippen LogP contribution in [0.1, 0.15) is 50.9 Å². The molecule has 0 radical (unpaired) electrons. The van der Waals surface area contributed by atoms with E-state index in [4.69, 9.17) is 11.6 Å². The summed E-state index contributed by atoms with van der Waals surface area (Å²) in [6.45, 7) is 9.86. The third-order valence-corrected chi connectivity index (χ3v) is 3.62. The number of carbonyl (C=O) groups is 1. The minimum atomic E-state index is -0.136. The largest absolute Gasteiger partial charge is 0.369 e. The number of halogens is 1. The van der Waals surface area contributed by atoms with Crippen molar-refractivity contribution >= 4 is 23.3 Å². The molecular weight excluding hydrogens is 274 g/mol. The Morgan fingerprint density at radius 3 is 2.65 bits per heavy atom. The molecule has 20 heavy (non-hydrogen) atoms. The summed E-state index contributed by atoms with van der Waals surface area (Å²) in [5.41, 5.74) is 0.583. The molecule has 0 bridgehead atoms. The monoisotopic (exact) mass is 297 g/mol. The van der Waals surface area contributed by atoms with Gasteiger partial charge in [0.15, 0.2) is 0 Å². The van der Waals surface area contributed by atoms with Crippen LogP contribution in [-0.2, 0) is 0 Å². The Balaban J connectivity index is 2.67. The van der Waals surface area contributed by atoms with Gasteiger partial charge < -0.3 is 10.6 Å². The van der Waals surface area contributed by atoms with Crippen molar-refractivity contribution in [2.75, 3.05) is 18.4 Å². The Labute approximate surface area is 126 Å². The zero-order valence-corrected chi connectivity index (χ0v) is 13.5. The highest BCUT2D eigenvalue weighted by atomic mass is 35.5. The van der Waals surface area contributed by atoms with Gasteiger partial charge in [-0.3, -0.25) is 4.79 Å². The molecule has 1 aromatic rings. The van der Waals surface area contributed by atoms with Crippen molar-refractivity contribution in [1.29, 1.82) is 0 Å². The van der Waals surface area contributed by atoms with E-state index in [1.54, 1.807) is 12.3 Å². The first-order chi connectivity index (χ1) is 9.39. The third-order valence-electron chi connectivity index (χ3n) is 3.33. The molecule has 1 amide bonds. The second-order valence-corrected chi connectivity index (χ2v) is 6.09. The molecule has 0 spiro atoms. The van der Waals surface area contributed by atoms with Crippen molar-refractivity contribution in [3.8, 4) is 0 Å². The van der Waals surface area contributed by atoms with Crippen molar-refractivity contribution in [2.24, 2.45) is 5.41 Å². The van der Waals surface area contributed by atoms with Crippen molar-refractivity contribution in [3.63, 3.8) is 0 Å². The molecule has 4 nitrogen and oxygen atoms in total. The average Bonchev–Trinajstić information content (AvgIpc) is 2.43. The molecule has 1 aromatic heterocycles. The molecule has 0 aliphatic rings. The van der Waals surface area contributed by atoms with Gasteiger partial charge in [-0.25, -0.2) is 4.98 Å². The quantitative estimate of drug-likeness (QED) is 0.806. The first-order valence-electron chi connectivity index (χ1n) is 7.07. The highest BCUT2D eigenvalue weighted by Crippen LogP contribution is 2.21. The molecule has 0 saturated heterocycles. The molecule has 0 saturated carbocycles. The van der Waals surface area contributed by atoms with Crippen LogP contribution in [0.5, 0.6) is 0 Å². The summed E-state index contributed by atoms with van der Waals surface area (Å²) in [6, 6.07) is 1.65. The summed E-state index contributed by atoms with van der Waals surface area (Å²) in [7, 11) is 0. The van der Waals surface area contributed by atoms with E-state index in [0.29, 0.717) is 22.9 Å². The van der Waals surface area contributed by atoms with Crippen molar-refractivity contribution in [3.05, 3.63) is 22.8 Å². The van der Waals surface area contributed by atoms with Gasteiger partial charge in [0, 0.05) is 19.3 Å². The van der Waals surface area contributed by atoms with E-state index in [1.165, 1.54) is 0 Å². The summed E-state index contributed by atoms with van der Waals surface area (Å²) < 4.78 is 0. The summed E-state index contributed by atoms with van der Waals surface area (Å²) >= 11 is 6.12. The van der Waals surface area contributed by atoms with Crippen LogP contribution >= 0.6 is 11.6 Å². The van der Waals surface area contributed by atoms with Gasteiger partial charge in [0.2, 0.25) is 0 Å². The Morgan fingerprint density at radius 2 is 2.10 bits per heavy atom. The molecule has 0 atom stereocenters. The minimum absolute atomic E-state index is 0.0928. The summed E-state index contributed by atoms with van der Waals surface area (Å²) in [5, 5.41) is 6.51. The Hall–Kier alpha value is -1.29. The zero-order chi connectivity index (χ0) is 15.2. The lowest BCUT2D eigenvalue weighted by molar-refractivity contribution is 0.0935. The van der Waals surface area contributed by atoms with Crippen molar-refractivity contribution in [1.82, 2.24) is 10.3 Å². The lowest BCUT2D eigenvalue weighted by Gasteiger charge is -2.22. The summed E-state index contributed by atoms with van der Waals surface area (Å²) in [4.78, 5) is 16.3. The standard InChI is InChI=1S/C15H24ClN3O/c1-5-7-17-13-12(16)8-11(9-18-13)14(20)19-10-15(3,4)6-2/h8-9H,5-7,10H2,1-4H3,(H,17,18)(H,19,20). The molecule has 0 aliphatic heterocycles. The maximum atomic E-state index is 12.1. The number of nitrogens with zero attached hydrogens (tertiary/aromatic N) is 1. The lowest BCUT2D eigenvalue weighted by atomic mass is 9.90. The molecule has 1 rings (SSSR count). The number of nitrogens with one attached hydrogen (secondary N) is 2. The van der Waals surface area contributed by atoms with E-state index in [9.17, 15) is 4.79 Å². The Kier molecular flexibility index (Phi) is 6.27. The van der Waals surface area contributed by atoms with Gasteiger partial charge in [0.05, 0.1) is 10.6 Å². The van der Waals surface area contributed by atoms with Gasteiger partial charge in [-0.15, -0.1) is 0 Å². The summed E-state index contributed by atoms with van der Waals surface area (Å²) in [5.74, 6) is 0.488. The van der Waals surface area contributed by atoms with E-state index in [-0.39, 0.29) is 11.3 Å². The Morgan fingerprint density at radius 1 is 1.40 bits per heavy atom. The van der Waals surface area contributed by atoms with Crippen LogP contribution in [0.2, 0.25) is 5.02 Å². The molecule has 2 N–H and O–H groups in total. The Bertz CT molecular complexity index is 460. The van der Waals surface area contributed by atoms with Gasteiger partial charge in [0.25, 0.3) is 5.91 Å². The number of carbonyl (C=O) groups excluding carboxylic acids is 1. The number of hydrogen-bond acceptors (Lipinski definition) is 3. The molecule has 0 fully saturated rings. The topological polar surface area (TPSA) is 54.0 Å². The van der Waals surface area contributed by atoms with Crippen LogP contribution in [0.15, 0.2) is 12.3 Å². The third kappa shape index (κ3) is 5.00. The number of amides is 1. The number of hydrogen-bond donors (Lipinski definition) is 2. The molecule has 1 heterocycles. The van der Waals surface area contributed by atoms with Crippen LogP contribution in [0, 0.1) is 5.41 Å². The smallest absolute Gasteiger partial charge is 0.252 e. The van der Waals surface area contributed by atoms with E-state index >= 15 is 0 Å². The molecule has 5 heteroatoms. The van der Waals surface area contributed by atoms with Crippen LogP contribution in [-0.4, -0.2) is 24.0 Å². The second kappa shape index (κ2) is 7.48. The fraction of sp³-hybridized carbons (Fsp3) is 0.600. The van der Waals surface area contributed by atoms with Gasteiger partial charge in [-0.05, 0) is 24.3 Å². The molecule has 0 unspecified atom stereocenters. The highest BCUT2D eigenvalue weighted by Gasteiger charge is 2.17. The van der Waals surface area contributed by atoms with Crippen molar-refractivity contribution in [2.45, 2.75) is 40.5 Å². The van der Waals surface area contributed by atoms with E-state index in [0.717, 1.165) is 19.4 Å². The van der Waals surface area contributed by atoms with Crippen LogP contribution in [0.25, 0.3) is 0 Å².